The molecule has 0 spiro atoms. The maximum atomic E-state index is 11.7. The Kier molecular flexibility index (Phi) is 5.94. The van der Waals surface area contributed by atoms with Crippen LogP contribution in [0.4, 0.5) is 5.69 Å². The molecular weight excluding hydrogens is 252 g/mol. The van der Waals surface area contributed by atoms with Crippen molar-refractivity contribution in [3.8, 4) is 0 Å². The Morgan fingerprint density at radius 3 is 2.50 bits per heavy atom. The number of benzene rings is 1. The number of hydrogen-bond donors (Lipinski definition) is 1. The van der Waals surface area contributed by atoms with Gasteiger partial charge in [-0.3, -0.25) is 14.3 Å². The third kappa shape index (κ3) is 4.93. The van der Waals surface area contributed by atoms with Crippen molar-refractivity contribution >= 4 is 16.5 Å². The molecule has 0 aromatic heterocycles. The zero-order chi connectivity index (χ0) is 13.5. The van der Waals surface area contributed by atoms with E-state index in [0.717, 1.165) is 12.0 Å². The highest BCUT2D eigenvalue weighted by molar-refractivity contribution is 7.85. The van der Waals surface area contributed by atoms with Crippen LogP contribution in [0.15, 0.2) is 24.3 Å². The molecule has 0 aliphatic carbocycles. The number of aryl methyl sites for hydroxylation is 1. The first kappa shape index (κ1) is 14.8. The van der Waals surface area contributed by atoms with Crippen LogP contribution in [-0.4, -0.2) is 26.7 Å². The van der Waals surface area contributed by atoms with Crippen molar-refractivity contribution in [1.29, 1.82) is 0 Å². The molecule has 2 atom stereocenters. The number of rotatable bonds is 7. The molecule has 18 heavy (non-hydrogen) atoms. The van der Waals surface area contributed by atoms with Gasteiger partial charge in [0.2, 0.25) is 0 Å². The van der Waals surface area contributed by atoms with Crippen molar-refractivity contribution in [2.24, 2.45) is 5.73 Å². The van der Waals surface area contributed by atoms with Crippen molar-refractivity contribution in [2.45, 2.75) is 25.8 Å². The van der Waals surface area contributed by atoms with Crippen molar-refractivity contribution < 1.29 is 9.13 Å². The summed E-state index contributed by atoms with van der Waals surface area (Å²) in [6.45, 7) is 1.97. The number of nitro groups is 1. The lowest BCUT2D eigenvalue weighted by Gasteiger charge is -2.08. The predicted octanol–water partition coefficient (Wildman–Crippen LogP) is 1.62. The summed E-state index contributed by atoms with van der Waals surface area (Å²) in [6.07, 6.45) is 1.48. The second-order valence-electron chi connectivity index (χ2n) is 4.15. The Balaban J connectivity index is 2.44. The molecule has 5 nitrogen and oxygen atoms in total. The minimum Gasteiger partial charge on any atom is -0.327 e. The second-order valence-corrected chi connectivity index (χ2v) is 5.77. The molecule has 1 rings (SSSR count). The van der Waals surface area contributed by atoms with Crippen LogP contribution in [0.25, 0.3) is 0 Å². The van der Waals surface area contributed by atoms with Gasteiger partial charge in [-0.15, -0.1) is 0 Å². The molecule has 0 saturated carbocycles. The lowest BCUT2D eigenvalue weighted by Crippen LogP contribution is -2.27. The van der Waals surface area contributed by atoms with Crippen molar-refractivity contribution in [3.63, 3.8) is 0 Å². The summed E-state index contributed by atoms with van der Waals surface area (Å²) in [4.78, 5) is 10.0. The highest BCUT2D eigenvalue weighted by atomic mass is 32.2. The third-order valence-corrected chi connectivity index (χ3v) is 4.15. The molecule has 100 valence electrons. The molecule has 2 N–H and O–H groups in total. The van der Waals surface area contributed by atoms with E-state index >= 15 is 0 Å². The van der Waals surface area contributed by atoms with Gasteiger partial charge in [0, 0.05) is 40.5 Å². The maximum absolute atomic E-state index is 11.7. The first-order valence-corrected chi connectivity index (χ1v) is 7.35. The van der Waals surface area contributed by atoms with Crippen LogP contribution in [-0.2, 0) is 17.2 Å². The summed E-state index contributed by atoms with van der Waals surface area (Å²) in [5.41, 5.74) is 6.76. The zero-order valence-corrected chi connectivity index (χ0v) is 11.2. The summed E-state index contributed by atoms with van der Waals surface area (Å²) < 4.78 is 11.7. The topological polar surface area (TPSA) is 86.2 Å². The van der Waals surface area contributed by atoms with E-state index in [1.165, 1.54) is 12.1 Å². The molecule has 6 heteroatoms. The molecule has 0 heterocycles. The molecule has 0 aliphatic heterocycles. The first-order chi connectivity index (χ1) is 8.52. The van der Waals surface area contributed by atoms with E-state index in [2.05, 4.69) is 0 Å². The monoisotopic (exact) mass is 270 g/mol. The van der Waals surface area contributed by atoms with Crippen molar-refractivity contribution in [1.82, 2.24) is 0 Å². The van der Waals surface area contributed by atoms with E-state index in [1.807, 2.05) is 6.92 Å². The zero-order valence-electron chi connectivity index (χ0n) is 10.4. The van der Waals surface area contributed by atoms with Gasteiger partial charge < -0.3 is 5.73 Å². The number of hydrogen-bond acceptors (Lipinski definition) is 4. The Hall–Kier alpha value is -1.27. The summed E-state index contributed by atoms with van der Waals surface area (Å²) in [6, 6.07) is 6.33. The lowest BCUT2D eigenvalue weighted by molar-refractivity contribution is -0.384. The van der Waals surface area contributed by atoms with Crippen LogP contribution < -0.4 is 5.73 Å². The van der Waals surface area contributed by atoms with Crippen molar-refractivity contribution in [3.05, 3.63) is 39.9 Å². The fourth-order valence-corrected chi connectivity index (χ4v) is 2.80. The lowest BCUT2D eigenvalue weighted by atomic mass is 10.1. The summed E-state index contributed by atoms with van der Waals surface area (Å²) >= 11 is 0. The van der Waals surface area contributed by atoms with E-state index in [0.29, 0.717) is 17.9 Å². The molecule has 0 radical (unpaired) electrons. The smallest absolute Gasteiger partial charge is 0.269 e. The highest BCUT2D eigenvalue weighted by Gasteiger charge is 2.08. The van der Waals surface area contributed by atoms with Crippen molar-refractivity contribution in [2.75, 3.05) is 11.5 Å². The van der Waals surface area contributed by atoms with Gasteiger partial charge in [0.1, 0.15) is 0 Å². The minimum absolute atomic E-state index is 0.0114. The second kappa shape index (κ2) is 7.23. The Bertz CT molecular complexity index is 420. The number of nitrogens with two attached hydrogens (primary N) is 1. The standard InChI is InChI=1S/C12H18N2O3S/c1-2-11(13)9-18(17)8-7-10-3-5-12(6-4-10)14(15)16/h3-6,11H,2,7-9,13H2,1H3. The van der Waals surface area contributed by atoms with Crippen LogP contribution in [0.3, 0.4) is 0 Å². The first-order valence-electron chi connectivity index (χ1n) is 5.86. The van der Waals surface area contributed by atoms with Crippen LogP contribution >= 0.6 is 0 Å². The van der Waals surface area contributed by atoms with E-state index in [9.17, 15) is 14.3 Å². The van der Waals surface area contributed by atoms with Gasteiger partial charge >= 0.3 is 0 Å². The fourth-order valence-electron chi connectivity index (χ4n) is 1.46. The van der Waals surface area contributed by atoms with Gasteiger partial charge in [0.05, 0.1) is 4.92 Å². The molecule has 0 bridgehead atoms. The quantitative estimate of drug-likeness (QED) is 0.602. The number of non-ortho nitro benzene ring substituents is 1. The van der Waals surface area contributed by atoms with Gasteiger partial charge in [0.25, 0.3) is 5.69 Å². The Morgan fingerprint density at radius 1 is 1.39 bits per heavy atom. The van der Waals surface area contributed by atoms with Crippen LogP contribution in [0, 0.1) is 10.1 Å². The number of nitro benzene ring substituents is 1. The Labute approximate surface area is 109 Å². The molecule has 0 aliphatic rings. The fraction of sp³-hybridized carbons (Fsp3) is 0.500. The maximum Gasteiger partial charge on any atom is 0.269 e. The van der Waals surface area contributed by atoms with E-state index in [-0.39, 0.29) is 11.7 Å². The average Bonchev–Trinajstić information content (AvgIpc) is 2.36. The van der Waals surface area contributed by atoms with Crippen LogP contribution in [0.2, 0.25) is 0 Å². The molecule has 2 unspecified atom stereocenters. The van der Waals surface area contributed by atoms with E-state index in [4.69, 9.17) is 5.73 Å². The normalized spacial score (nSPS) is 14.1. The SMILES string of the molecule is CCC(N)CS(=O)CCc1ccc([N+](=O)[O-])cc1. The third-order valence-electron chi connectivity index (χ3n) is 2.69. The predicted molar refractivity (Wildman–Crippen MR) is 72.9 cm³/mol. The average molecular weight is 270 g/mol. The van der Waals surface area contributed by atoms with Gasteiger partial charge in [-0.25, -0.2) is 0 Å². The van der Waals surface area contributed by atoms with Gasteiger partial charge in [0.15, 0.2) is 0 Å². The molecule has 1 aromatic carbocycles. The molecule has 1 aromatic rings. The molecular formula is C12H18N2O3S. The van der Waals surface area contributed by atoms with Gasteiger partial charge in [-0.2, -0.15) is 0 Å². The molecule has 0 saturated heterocycles. The van der Waals surface area contributed by atoms with Crippen LogP contribution in [0.5, 0.6) is 0 Å². The molecule has 0 fully saturated rings. The molecule has 0 amide bonds. The number of nitrogens with zero attached hydrogens (tertiary/aromatic N) is 1. The van der Waals surface area contributed by atoms with Gasteiger partial charge in [-0.05, 0) is 18.4 Å². The van der Waals surface area contributed by atoms with E-state index < -0.39 is 15.7 Å². The Morgan fingerprint density at radius 2 is 2.00 bits per heavy atom. The highest BCUT2D eigenvalue weighted by Crippen LogP contribution is 2.12. The summed E-state index contributed by atoms with van der Waals surface area (Å²) in [5.74, 6) is 1.06. The summed E-state index contributed by atoms with van der Waals surface area (Å²) in [7, 11) is -0.923. The van der Waals surface area contributed by atoms with Gasteiger partial charge in [-0.1, -0.05) is 19.1 Å². The largest absolute Gasteiger partial charge is 0.327 e. The van der Waals surface area contributed by atoms with Crippen LogP contribution in [0.1, 0.15) is 18.9 Å². The summed E-state index contributed by atoms with van der Waals surface area (Å²) in [5, 5.41) is 10.5. The minimum atomic E-state index is -0.923. The van der Waals surface area contributed by atoms with E-state index in [1.54, 1.807) is 12.1 Å².